The van der Waals surface area contributed by atoms with Gasteiger partial charge in [0.15, 0.2) is 5.11 Å². The molecule has 0 spiro atoms. The van der Waals surface area contributed by atoms with E-state index in [2.05, 4.69) is 50.5 Å². The second-order valence-corrected chi connectivity index (χ2v) is 10.6. The third-order valence-corrected chi connectivity index (χ3v) is 7.16. The van der Waals surface area contributed by atoms with Crippen LogP contribution in [0.5, 0.6) is 5.75 Å². The van der Waals surface area contributed by atoms with Crippen LogP contribution in [-0.4, -0.2) is 28.0 Å². The zero-order valence-electron chi connectivity index (χ0n) is 18.7. The minimum atomic E-state index is -0.981. The van der Waals surface area contributed by atoms with Gasteiger partial charge in [-0.05, 0) is 123 Å². The fraction of sp³-hybridized carbons (Fsp3) is 0.0769. The summed E-state index contributed by atoms with van der Waals surface area (Å²) in [6.45, 7) is 2.17. The number of rotatable bonds is 6. The maximum atomic E-state index is 13.3. The lowest BCUT2D eigenvalue weighted by Crippen LogP contribution is -2.54. The van der Waals surface area contributed by atoms with Crippen molar-refractivity contribution in [3.8, 4) is 5.75 Å². The molecule has 3 aromatic carbocycles. The van der Waals surface area contributed by atoms with Crippen LogP contribution in [0.25, 0.3) is 6.08 Å². The monoisotopic (exact) mass is 724 g/mol. The highest BCUT2D eigenvalue weighted by Gasteiger charge is 2.34. The third kappa shape index (κ3) is 5.76. The number of nitrogens with one attached hydrogen (secondary N) is 1. The molecule has 0 radical (unpaired) electrons. The number of amides is 2. The van der Waals surface area contributed by atoms with Crippen LogP contribution in [-0.2, 0) is 16.2 Å². The normalized spacial score (nSPS) is 14.7. The van der Waals surface area contributed by atoms with Crippen LogP contribution < -0.4 is 15.0 Å². The van der Waals surface area contributed by atoms with E-state index in [0.717, 1.165) is 18.3 Å². The molecule has 0 saturated carbocycles. The fourth-order valence-corrected chi connectivity index (χ4v) is 5.93. The molecule has 0 aromatic heterocycles. The number of hydrogen-bond donors (Lipinski definition) is 2. The molecular formula is C26H18I2N2O5S. The Hall–Kier alpha value is -2.84. The second kappa shape index (κ2) is 11.0. The van der Waals surface area contributed by atoms with E-state index in [0.29, 0.717) is 17.0 Å². The number of anilines is 1. The molecule has 0 aliphatic carbocycles. The number of carboxylic acid groups (broad SMARTS) is 1. The molecule has 10 heteroatoms. The lowest BCUT2D eigenvalue weighted by molar-refractivity contribution is -0.122. The predicted molar refractivity (Wildman–Crippen MR) is 157 cm³/mol. The maximum absolute atomic E-state index is 13.3. The summed E-state index contributed by atoms with van der Waals surface area (Å²) in [6, 6.07) is 17.4. The van der Waals surface area contributed by atoms with Crippen molar-refractivity contribution in [3.63, 3.8) is 0 Å². The first-order chi connectivity index (χ1) is 17.1. The van der Waals surface area contributed by atoms with Crippen molar-refractivity contribution < 1.29 is 24.2 Å². The highest BCUT2D eigenvalue weighted by atomic mass is 127. The highest BCUT2D eigenvalue weighted by molar-refractivity contribution is 14.1. The molecule has 36 heavy (non-hydrogen) atoms. The Morgan fingerprint density at radius 2 is 1.75 bits per heavy atom. The van der Waals surface area contributed by atoms with E-state index in [1.54, 1.807) is 24.3 Å². The van der Waals surface area contributed by atoms with E-state index in [9.17, 15) is 14.4 Å². The van der Waals surface area contributed by atoms with Gasteiger partial charge in [-0.3, -0.25) is 19.8 Å². The third-order valence-electron chi connectivity index (χ3n) is 5.28. The number of aryl methyl sites for hydroxylation is 1. The van der Waals surface area contributed by atoms with E-state index >= 15 is 0 Å². The molecule has 1 saturated heterocycles. The Morgan fingerprint density at radius 1 is 1.08 bits per heavy atom. The molecule has 4 rings (SSSR count). The van der Waals surface area contributed by atoms with Crippen molar-refractivity contribution >= 4 is 92.1 Å². The van der Waals surface area contributed by atoms with Gasteiger partial charge in [0.2, 0.25) is 0 Å². The number of benzene rings is 3. The van der Waals surface area contributed by atoms with Crippen LogP contribution in [0.2, 0.25) is 0 Å². The summed E-state index contributed by atoms with van der Waals surface area (Å²) in [5.41, 5.74) is 3.22. The number of hydrogen-bond acceptors (Lipinski definition) is 5. The summed E-state index contributed by atoms with van der Waals surface area (Å²) in [6.07, 6.45) is 1.54. The Balaban J connectivity index is 1.57. The van der Waals surface area contributed by atoms with Crippen molar-refractivity contribution in [1.29, 1.82) is 0 Å². The van der Waals surface area contributed by atoms with Gasteiger partial charge in [0, 0.05) is 0 Å². The number of ether oxygens (including phenoxy) is 1. The summed E-state index contributed by atoms with van der Waals surface area (Å²) in [5.74, 6) is -1.37. The first-order valence-electron chi connectivity index (χ1n) is 10.6. The van der Waals surface area contributed by atoms with Gasteiger partial charge in [0.1, 0.15) is 17.9 Å². The molecule has 0 unspecified atom stereocenters. The topological polar surface area (TPSA) is 95.9 Å². The number of thiocarbonyl (C=S) groups is 1. The summed E-state index contributed by atoms with van der Waals surface area (Å²) < 4.78 is 7.58. The predicted octanol–water partition coefficient (Wildman–Crippen LogP) is 5.31. The number of nitrogens with zero attached hydrogens (tertiary/aromatic N) is 1. The Kier molecular flexibility index (Phi) is 8.05. The van der Waals surface area contributed by atoms with Gasteiger partial charge in [0.25, 0.3) is 11.8 Å². The molecule has 2 amide bonds. The molecule has 0 atom stereocenters. The molecule has 1 aliphatic rings. The second-order valence-electron chi connectivity index (χ2n) is 7.90. The SMILES string of the molecule is Cc1cccc(N2C(=O)/C(=C/c3cc(I)c(OCc4ccc(C(=O)O)cc4)c(I)c3)C(=O)NC2=S)c1. The molecular weight excluding hydrogens is 706 g/mol. The van der Waals surface area contributed by atoms with Gasteiger partial charge in [-0.2, -0.15) is 0 Å². The van der Waals surface area contributed by atoms with Crippen molar-refractivity contribution in [2.45, 2.75) is 13.5 Å². The van der Waals surface area contributed by atoms with Gasteiger partial charge in [-0.1, -0.05) is 24.3 Å². The van der Waals surface area contributed by atoms with E-state index in [1.165, 1.54) is 17.0 Å². The summed E-state index contributed by atoms with van der Waals surface area (Å²) >= 11 is 9.55. The van der Waals surface area contributed by atoms with Crippen LogP contribution in [0.4, 0.5) is 5.69 Å². The molecule has 182 valence electrons. The largest absolute Gasteiger partial charge is 0.487 e. The Labute approximate surface area is 239 Å². The summed E-state index contributed by atoms with van der Waals surface area (Å²) in [4.78, 5) is 38.3. The van der Waals surface area contributed by atoms with E-state index in [4.69, 9.17) is 22.1 Å². The van der Waals surface area contributed by atoms with E-state index < -0.39 is 17.8 Å². The van der Waals surface area contributed by atoms with Crippen molar-refractivity contribution in [3.05, 3.63) is 95.6 Å². The minimum Gasteiger partial charge on any atom is -0.487 e. The first kappa shape index (κ1) is 26.2. The van der Waals surface area contributed by atoms with Gasteiger partial charge < -0.3 is 9.84 Å². The number of carbonyl (C=O) groups excluding carboxylic acids is 2. The average molecular weight is 724 g/mol. The molecule has 0 bridgehead atoms. The number of carboxylic acids is 1. The molecule has 1 aliphatic heterocycles. The van der Waals surface area contributed by atoms with Crippen molar-refractivity contribution in [2.75, 3.05) is 4.90 Å². The van der Waals surface area contributed by atoms with Gasteiger partial charge in [-0.15, -0.1) is 0 Å². The quantitative estimate of drug-likeness (QED) is 0.155. The minimum absolute atomic E-state index is 0.0242. The maximum Gasteiger partial charge on any atom is 0.335 e. The average Bonchev–Trinajstić information content (AvgIpc) is 2.81. The van der Waals surface area contributed by atoms with Crippen LogP contribution in [0.1, 0.15) is 27.0 Å². The smallest absolute Gasteiger partial charge is 0.335 e. The highest BCUT2D eigenvalue weighted by Crippen LogP contribution is 2.31. The van der Waals surface area contributed by atoms with Crippen LogP contribution in [0, 0.1) is 14.1 Å². The Bertz CT molecular complexity index is 1410. The Morgan fingerprint density at radius 3 is 2.36 bits per heavy atom. The van der Waals surface area contributed by atoms with Crippen LogP contribution in [0.3, 0.4) is 0 Å². The summed E-state index contributed by atoms with van der Waals surface area (Å²) in [5, 5.41) is 11.7. The van der Waals surface area contributed by atoms with Gasteiger partial charge in [0.05, 0.1) is 18.4 Å². The molecule has 1 fully saturated rings. The van der Waals surface area contributed by atoms with Gasteiger partial charge in [-0.25, -0.2) is 4.79 Å². The lowest BCUT2D eigenvalue weighted by atomic mass is 10.1. The standard InChI is InChI=1S/C26H18I2N2O5S/c1-14-3-2-4-18(9-14)30-24(32)19(23(31)29-26(30)36)10-16-11-20(27)22(21(28)12-16)35-13-15-5-7-17(8-6-15)25(33)34/h2-12H,13H2,1H3,(H,33,34)(H,29,31,36)/b19-10+. The molecule has 7 nitrogen and oxygen atoms in total. The van der Waals surface area contributed by atoms with E-state index in [-0.39, 0.29) is 22.9 Å². The number of aromatic carboxylic acids is 1. The van der Waals surface area contributed by atoms with Crippen molar-refractivity contribution in [1.82, 2.24) is 5.32 Å². The number of carbonyl (C=O) groups is 3. The van der Waals surface area contributed by atoms with Crippen molar-refractivity contribution in [2.24, 2.45) is 0 Å². The first-order valence-corrected chi connectivity index (χ1v) is 13.1. The van der Waals surface area contributed by atoms with E-state index in [1.807, 2.05) is 37.3 Å². The molecule has 2 N–H and O–H groups in total. The van der Waals surface area contributed by atoms with Gasteiger partial charge >= 0.3 is 5.97 Å². The lowest BCUT2D eigenvalue weighted by Gasteiger charge is -2.29. The number of halogens is 2. The molecule has 3 aromatic rings. The zero-order valence-corrected chi connectivity index (χ0v) is 23.9. The zero-order chi connectivity index (χ0) is 26.0. The van der Waals surface area contributed by atoms with Crippen LogP contribution in [0.15, 0.2) is 66.2 Å². The fourth-order valence-electron chi connectivity index (χ4n) is 3.53. The summed E-state index contributed by atoms with van der Waals surface area (Å²) in [7, 11) is 0. The van der Waals surface area contributed by atoms with Crippen LogP contribution >= 0.6 is 57.4 Å². The molecule has 1 heterocycles.